The summed E-state index contributed by atoms with van der Waals surface area (Å²) in [7, 11) is 2.98. The highest BCUT2D eigenvalue weighted by Gasteiger charge is 2.21. The van der Waals surface area contributed by atoms with Crippen molar-refractivity contribution in [3.05, 3.63) is 113 Å². The summed E-state index contributed by atoms with van der Waals surface area (Å²) in [5.74, 6) is 0.0639. The number of allylic oxidation sites excluding steroid dienone is 6. The topological polar surface area (TPSA) is 104 Å². The van der Waals surface area contributed by atoms with Gasteiger partial charge in [0.1, 0.15) is 11.6 Å². The molecule has 6 nitrogen and oxygen atoms in total. The molecular weight excluding hydrogens is 593 g/mol. The van der Waals surface area contributed by atoms with Crippen molar-refractivity contribution in [1.29, 1.82) is 0 Å². The molecule has 5 N–H and O–H groups in total. The second-order valence-corrected chi connectivity index (χ2v) is 10.2. The van der Waals surface area contributed by atoms with E-state index in [0.717, 1.165) is 31.2 Å². The number of aliphatic hydroxyl groups excluding tert-OH is 5. The predicted molar refractivity (Wildman–Crippen MR) is 202 cm³/mol. The molecule has 7 heteroatoms. The molecule has 2 aromatic carbocycles. The molecule has 3 unspecified atom stereocenters. The largest absolute Gasteiger partial charge is 0.508 e. The molecular formula is C40H68FNO5. The number of nitrogens with zero attached hydrogens (tertiary/aromatic N) is 1. The number of benzene rings is 2. The Labute approximate surface area is 287 Å². The number of hydrogen-bond donors (Lipinski definition) is 5. The van der Waals surface area contributed by atoms with Gasteiger partial charge in [-0.15, -0.1) is 0 Å². The van der Waals surface area contributed by atoms with Crippen LogP contribution in [0.25, 0.3) is 0 Å². The number of rotatable bonds is 12. The maximum Gasteiger partial charge on any atom is 0.123 e. The van der Waals surface area contributed by atoms with Gasteiger partial charge in [-0.05, 0) is 81.0 Å². The van der Waals surface area contributed by atoms with Gasteiger partial charge in [0.15, 0.2) is 0 Å². The zero-order chi connectivity index (χ0) is 37.2. The summed E-state index contributed by atoms with van der Waals surface area (Å²) >= 11 is 0. The first-order valence-corrected chi connectivity index (χ1v) is 16.7. The van der Waals surface area contributed by atoms with Crippen LogP contribution in [-0.2, 0) is 0 Å². The molecule has 3 atom stereocenters. The summed E-state index contributed by atoms with van der Waals surface area (Å²) in [6.45, 7) is 20.7. The minimum atomic E-state index is -0.796. The zero-order valence-electron chi connectivity index (χ0n) is 31.4. The van der Waals surface area contributed by atoms with Crippen molar-refractivity contribution in [2.75, 3.05) is 32.2 Å². The van der Waals surface area contributed by atoms with E-state index in [2.05, 4.69) is 18.7 Å². The van der Waals surface area contributed by atoms with Crippen molar-refractivity contribution in [3.63, 3.8) is 0 Å². The van der Waals surface area contributed by atoms with E-state index in [4.69, 9.17) is 10.2 Å². The highest BCUT2D eigenvalue weighted by Crippen LogP contribution is 2.23. The van der Waals surface area contributed by atoms with Gasteiger partial charge < -0.3 is 30.4 Å². The van der Waals surface area contributed by atoms with Crippen LogP contribution in [0.5, 0.6) is 0 Å². The Hall–Kier alpha value is -3.23. The van der Waals surface area contributed by atoms with Gasteiger partial charge in [0.2, 0.25) is 0 Å². The van der Waals surface area contributed by atoms with Crippen molar-refractivity contribution < 1.29 is 29.9 Å². The van der Waals surface area contributed by atoms with Crippen molar-refractivity contribution in [1.82, 2.24) is 0 Å². The third-order valence-electron chi connectivity index (χ3n) is 6.31. The van der Waals surface area contributed by atoms with E-state index in [1.54, 1.807) is 18.2 Å². The molecule has 2 aromatic rings. The molecule has 2 rings (SSSR count). The second-order valence-electron chi connectivity index (χ2n) is 10.2. The first-order valence-electron chi connectivity index (χ1n) is 16.7. The van der Waals surface area contributed by atoms with E-state index < -0.39 is 12.2 Å². The lowest BCUT2D eigenvalue weighted by molar-refractivity contribution is 0.0502. The smallest absolute Gasteiger partial charge is 0.123 e. The van der Waals surface area contributed by atoms with Crippen LogP contribution in [0, 0.1) is 11.7 Å². The molecule has 0 bridgehead atoms. The normalized spacial score (nSPS) is 12.1. The zero-order valence-corrected chi connectivity index (χ0v) is 31.4. The van der Waals surface area contributed by atoms with Gasteiger partial charge in [-0.3, -0.25) is 0 Å². The number of hydrogen-bond acceptors (Lipinski definition) is 6. The SMILES string of the molecule is CC.CC.CC(CN(C)c1ccccc1)C(O)CC(O)c1ccc(F)cc1.CC/C(C)=C\C(O)=C(C)C.CC/C=C\C=C/CO.CO. The molecule has 0 aromatic heterocycles. The second kappa shape index (κ2) is 35.6. The maximum absolute atomic E-state index is 12.9. The predicted octanol–water partition coefficient (Wildman–Crippen LogP) is 9.74. The average molecular weight is 662 g/mol. The van der Waals surface area contributed by atoms with Gasteiger partial charge in [0.05, 0.1) is 18.8 Å². The van der Waals surface area contributed by atoms with Crippen LogP contribution < -0.4 is 4.90 Å². The quantitative estimate of drug-likeness (QED) is 0.115. The summed E-state index contributed by atoms with van der Waals surface area (Å²) in [4.78, 5) is 2.08. The van der Waals surface area contributed by atoms with Crippen LogP contribution in [0.4, 0.5) is 10.1 Å². The number of aliphatic hydroxyl groups is 5. The van der Waals surface area contributed by atoms with Gasteiger partial charge in [-0.25, -0.2) is 4.39 Å². The van der Waals surface area contributed by atoms with Gasteiger partial charge in [-0.2, -0.15) is 0 Å². The van der Waals surface area contributed by atoms with E-state index in [1.807, 2.05) is 117 Å². The maximum atomic E-state index is 12.9. The van der Waals surface area contributed by atoms with Crippen molar-refractivity contribution in [2.45, 2.75) is 101 Å². The minimum absolute atomic E-state index is 0.00435. The van der Waals surface area contributed by atoms with Crippen LogP contribution in [0.3, 0.4) is 0 Å². The third-order valence-corrected chi connectivity index (χ3v) is 6.31. The first kappa shape index (κ1) is 50.6. The van der Waals surface area contributed by atoms with Gasteiger partial charge in [0, 0.05) is 32.8 Å². The monoisotopic (exact) mass is 662 g/mol. The number of para-hydroxylation sites is 1. The number of halogens is 1. The molecule has 0 spiro atoms. The van der Waals surface area contributed by atoms with Crippen LogP contribution in [0.1, 0.15) is 100 Å². The molecule has 0 fully saturated rings. The molecule has 0 aliphatic heterocycles. The van der Waals surface area contributed by atoms with E-state index in [-0.39, 0.29) is 24.8 Å². The molecule has 0 saturated carbocycles. The molecule has 0 heterocycles. The van der Waals surface area contributed by atoms with Crippen molar-refractivity contribution >= 4 is 5.69 Å². The van der Waals surface area contributed by atoms with Crippen molar-refractivity contribution in [2.24, 2.45) is 5.92 Å². The summed E-state index contributed by atoms with van der Waals surface area (Å²) in [6, 6.07) is 15.7. The van der Waals surface area contributed by atoms with E-state index >= 15 is 0 Å². The van der Waals surface area contributed by atoms with Crippen LogP contribution in [0.2, 0.25) is 0 Å². The Morgan fingerprint density at radius 3 is 1.81 bits per heavy atom. The first-order chi connectivity index (χ1) is 22.5. The third kappa shape index (κ3) is 28.7. The van der Waals surface area contributed by atoms with Crippen LogP contribution >= 0.6 is 0 Å². The summed E-state index contributed by atoms with van der Waals surface area (Å²) in [5.41, 5.74) is 3.88. The highest BCUT2D eigenvalue weighted by atomic mass is 19.1. The summed E-state index contributed by atoms with van der Waals surface area (Å²) in [5, 5.41) is 45.0. The van der Waals surface area contributed by atoms with Crippen LogP contribution in [0.15, 0.2) is 102 Å². The fourth-order valence-electron chi connectivity index (χ4n) is 3.46. The Kier molecular flexibility index (Phi) is 38.4. The van der Waals surface area contributed by atoms with Crippen molar-refractivity contribution in [3.8, 4) is 0 Å². The molecule has 0 aliphatic carbocycles. The minimum Gasteiger partial charge on any atom is -0.508 e. The fraction of sp³-hybridized carbons (Fsp3) is 0.500. The Bertz CT molecular complexity index is 1050. The molecule has 270 valence electrons. The average Bonchev–Trinajstić information content (AvgIpc) is 3.10. The number of anilines is 1. The lowest BCUT2D eigenvalue weighted by Gasteiger charge is -2.27. The fourth-order valence-corrected chi connectivity index (χ4v) is 3.46. The van der Waals surface area contributed by atoms with E-state index in [1.165, 1.54) is 17.7 Å². The molecule has 0 aliphatic rings. The lowest BCUT2D eigenvalue weighted by Crippen LogP contribution is -2.32. The van der Waals surface area contributed by atoms with E-state index in [9.17, 15) is 19.7 Å². The Morgan fingerprint density at radius 1 is 0.851 bits per heavy atom. The standard InChI is InChI=1S/C19H24FNO2.C9H16O.C7H12O.2C2H6.CH4O/c1-14(13-21(2)17-6-4-3-5-7-17)18(22)12-19(23)15-8-10-16(20)11-9-15;1-5-8(4)6-9(10)7(2)3;1-2-3-4-5-6-7-8;3*1-2/h3-11,14,18-19,22-23H,12-13H2,1-2H3;6,10H,5H2,1-4H3;3-6,8H,2,7H2,1H3;2*1-2H3;2H,1H3/b;8-6-;4-3-,6-5-;;;. The van der Waals surface area contributed by atoms with Gasteiger partial charge in [-0.1, -0.05) is 109 Å². The molecule has 0 saturated heterocycles. The van der Waals surface area contributed by atoms with Gasteiger partial charge >= 0.3 is 0 Å². The summed E-state index contributed by atoms with van der Waals surface area (Å²) < 4.78 is 12.9. The molecule has 0 amide bonds. The highest BCUT2D eigenvalue weighted by molar-refractivity contribution is 5.45. The molecule has 47 heavy (non-hydrogen) atoms. The van der Waals surface area contributed by atoms with Crippen LogP contribution in [-0.4, -0.2) is 58.9 Å². The molecule has 0 radical (unpaired) electrons. The summed E-state index contributed by atoms with van der Waals surface area (Å²) in [6.07, 6.45) is 10.2. The lowest BCUT2D eigenvalue weighted by atomic mass is 9.95. The Morgan fingerprint density at radius 2 is 1.36 bits per heavy atom. The van der Waals surface area contributed by atoms with E-state index in [0.29, 0.717) is 17.9 Å². The van der Waals surface area contributed by atoms with Gasteiger partial charge in [0.25, 0.3) is 0 Å². The Balaban J connectivity index is -0.000000320.